The van der Waals surface area contributed by atoms with Crippen molar-refractivity contribution in [3.63, 3.8) is 0 Å². The SMILES string of the molecule is CCOCCCNC(=NC)NCc1c(O)ccc2c1CCCC2. The molecule has 0 saturated carbocycles. The van der Waals surface area contributed by atoms with Gasteiger partial charge in [-0.2, -0.15) is 0 Å². The van der Waals surface area contributed by atoms with Crippen molar-refractivity contribution in [1.29, 1.82) is 0 Å². The number of aryl methyl sites for hydroxylation is 1. The smallest absolute Gasteiger partial charge is 0.191 e. The van der Waals surface area contributed by atoms with E-state index in [1.807, 2.05) is 13.0 Å². The van der Waals surface area contributed by atoms with E-state index in [2.05, 4.69) is 21.7 Å². The molecule has 0 spiro atoms. The van der Waals surface area contributed by atoms with E-state index in [9.17, 15) is 5.11 Å². The number of phenols is 1. The maximum absolute atomic E-state index is 10.2. The number of hydrogen-bond acceptors (Lipinski definition) is 3. The van der Waals surface area contributed by atoms with Gasteiger partial charge in [0, 0.05) is 38.9 Å². The summed E-state index contributed by atoms with van der Waals surface area (Å²) in [6, 6.07) is 3.88. The number of nitrogens with zero attached hydrogens (tertiary/aromatic N) is 1. The largest absolute Gasteiger partial charge is 0.508 e. The number of benzene rings is 1. The van der Waals surface area contributed by atoms with E-state index < -0.39 is 0 Å². The van der Waals surface area contributed by atoms with Crippen LogP contribution in [0.4, 0.5) is 0 Å². The Morgan fingerprint density at radius 1 is 1.26 bits per heavy atom. The molecule has 5 nitrogen and oxygen atoms in total. The molecule has 0 amide bonds. The number of guanidine groups is 1. The normalized spacial score (nSPS) is 14.4. The molecule has 5 heteroatoms. The zero-order valence-electron chi connectivity index (χ0n) is 14.3. The summed E-state index contributed by atoms with van der Waals surface area (Å²) in [7, 11) is 1.76. The Morgan fingerprint density at radius 2 is 2.09 bits per heavy atom. The fourth-order valence-electron chi connectivity index (χ4n) is 3.01. The summed E-state index contributed by atoms with van der Waals surface area (Å²) in [5.41, 5.74) is 3.71. The minimum Gasteiger partial charge on any atom is -0.508 e. The summed E-state index contributed by atoms with van der Waals surface area (Å²) in [4.78, 5) is 4.23. The average molecular weight is 319 g/mol. The van der Waals surface area contributed by atoms with Gasteiger partial charge in [0.15, 0.2) is 5.96 Å². The van der Waals surface area contributed by atoms with Crippen molar-refractivity contribution in [1.82, 2.24) is 10.6 Å². The van der Waals surface area contributed by atoms with Crippen LogP contribution in [0.3, 0.4) is 0 Å². The molecular weight excluding hydrogens is 290 g/mol. The maximum Gasteiger partial charge on any atom is 0.191 e. The molecule has 1 aliphatic rings. The quantitative estimate of drug-likeness (QED) is 0.410. The van der Waals surface area contributed by atoms with E-state index in [0.717, 1.165) is 50.5 Å². The van der Waals surface area contributed by atoms with Gasteiger partial charge < -0.3 is 20.5 Å². The third-order valence-corrected chi connectivity index (χ3v) is 4.24. The molecule has 0 heterocycles. The minimum absolute atomic E-state index is 0.380. The monoisotopic (exact) mass is 319 g/mol. The van der Waals surface area contributed by atoms with Crippen LogP contribution in [-0.4, -0.2) is 37.9 Å². The van der Waals surface area contributed by atoms with Gasteiger partial charge in [0.25, 0.3) is 0 Å². The molecule has 128 valence electrons. The zero-order valence-corrected chi connectivity index (χ0v) is 14.3. The molecule has 0 unspecified atom stereocenters. The number of ether oxygens (including phenoxy) is 1. The molecule has 0 bridgehead atoms. The van der Waals surface area contributed by atoms with Gasteiger partial charge in [-0.25, -0.2) is 0 Å². The third kappa shape index (κ3) is 5.13. The molecule has 0 aliphatic heterocycles. The molecule has 0 aromatic heterocycles. The number of fused-ring (bicyclic) bond motifs is 1. The fourth-order valence-corrected chi connectivity index (χ4v) is 3.01. The summed E-state index contributed by atoms with van der Waals surface area (Å²) in [5.74, 6) is 1.14. The fraction of sp³-hybridized carbons (Fsp3) is 0.611. The van der Waals surface area contributed by atoms with E-state index >= 15 is 0 Å². The average Bonchev–Trinajstić information content (AvgIpc) is 2.58. The van der Waals surface area contributed by atoms with Gasteiger partial charge in [-0.05, 0) is 56.2 Å². The molecule has 1 aromatic carbocycles. The Bertz CT molecular complexity index is 529. The van der Waals surface area contributed by atoms with E-state index in [-0.39, 0.29) is 0 Å². The second-order valence-corrected chi connectivity index (χ2v) is 5.81. The van der Waals surface area contributed by atoms with Gasteiger partial charge in [0.05, 0.1) is 0 Å². The molecule has 23 heavy (non-hydrogen) atoms. The van der Waals surface area contributed by atoms with Crippen LogP contribution >= 0.6 is 0 Å². The first kappa shape index (κ1) is 17.6. The summed E-state index contributed by atoms with van der Waals surface area (Å²) < 4.78 is 5.32. The second kappa shape index (κ2) is 9.40. The molecule has 0 radical (unpaired) electrons. The van der Waals surface area contributed by atoms with Gasteiger partial charge in [-0.3, -0.25) is 4.99 Å². The minimum atomic E-state index is 0.380. The van der Waals surface area contributed by atoms with Crippen LogP contribution in [0.25, 0.3) is 0 Å². The summed E-state index contributed by atoms with van der Waals surface area (Å²) in [5, 5.41) is 16.8. The van der Waals surface area contributed by atoms with Crippen LogP contribution in [0.2, 0.25) is 0 Å². The summed E-state index contributed by atoms with van der Waals surface area (Å²) in [6.45, 7) is 4.93. The molecule has 0 saturated heterocycles. The highest BCUT2D eigenvalue weighted by Crippen LogP contribution is 2.30. The van der Waals surface area contributed by atoms with Crippen molar-refractivity contribution in [2.75, 3.05) is 26.8 Å². The van der Waals surface area contributed by atoms with Gasteiger partial charge in [-0.15, -0.1) is 0 Å². The Morgan fingerprint density at radius 3 is 2.87 bits per heavy atom. The maximum atomic E-state index is 10.2. The molecule has 3 N–H and O–H groups in total. The first-order chi connectivity index (χ1) is 11.3. The predicted octanol–water partition coefficient (Wildman–Crippen LogP) is 2.36. The number of hydrogen-bond donors (Lipinski definition) is 3. The highest BCUT2D eigenvalue weighted by molar-refractivity contribution is 5.79. The number of nitrogens with one attached hydrogen (secondary N) is 2. The Hall–Kier alpha value is -1.75. The Labute approximate surface area is 139 Å². The van der Waals surface area contributed by atoms with E-state index in [0.29, 0.717) is 12.3 Å². The predicted molar refractivity (Wildman–Crippen MR) is 94.1 cm³/mol. The lowest BCUT2D eigenvalue weighted by Crippen LogP contribution is -2.37. The Kier molecular flexibility index (Phi) is 7.20. The van der Waals surface area contributed by atoms with Crippen LogP contribution in [0.5, 0.6) is 5.75 Å². The number of aliphatic imine (C=N–C) groups is 1. The van der Waals surface area contributed by atoms with Crippen LogP contribution < -0.4 is 10.6 Å². The van der Waals surface area contributed by atoms with Crippen molar-refractivity contribution in [3.8, 4) is 5.75 Å². The lowest BCUT2D eigenvalue weighted by atomic mass is 9.88. The summed E-state index contributed by atoms with van der Waals surface area (Å²) in [6.07, 6.45) is 5.57. The molecule has 2 rings (SSSR count). The standard InChI is InChI=1S/C18H29N3O2/c1-3-23-12-6-11-20-18(19-2)21-13-16-15-8-5-4-7-14(15)9-10-17(16)22/h9-10,22H,3-8,11-13H2,1-2H3,(H2,19,20,21). The lowest BCUT2D eigenvalue weighted by Gasteiger charge is -2.21. The third-order valence-electron chi connectivity index (χ3n) is 4.24. The first-order valence-electron chi connectivity index (χ1n) is 8.61. The van der Waals surface area contributed by atoms with Crippen molar-refractivity contribution in [2.45, 2.75) is 45.6 Å². The van der Waals surface area contributed by atoms with Crippen molar-refractivity contribution in [3.05, 3.63) is 28.8 Å². The van der Waals surface area contributed by atoms with E-state index in [1.54, 1.807) is 7.05 Å². The molecular formula is C18H29N3O2. The van der Waals surface area contributed by atoms with Crippen LogP contribution in [0.1, 0.15) is 42.9 Å². The molecule has 1 aliphatic carbocycles. The number of rotatable bonds is 7. The molecule has 1 aromatic rings. The molecule has 0 atom stereocenters. The van der Waals surface area contributed by atoms with Crippen LogP contribution in [-0.2, 0) is 24.1 Å². The number of aromatic hydroxyl groups is 1. The van der Waals surface area contributed by atoms with Gasteiger partial charge >= 0.3 is 0 Å². The summed E-state index contributed by atoms with van der Waals surface area (Å²) >= 11 is 0. The van der Waals surface area contributed by atoms with Crippen molar-refractivity contribution < 1.29 is 9.84 Å². The van der Waals surface area contributed by atoms with Crippen LogP contribution in [0, 0.1) is 0 Å². The van der Waals surface area contributed by atoms with Gasteiger partial charge in [-0.1, -0.05) is 6.07 Å². The van der Waals surface area contributed by atoms with Gasteiger partial charge in [0.2, 0.25) is 0 Å². The molecule has 0 fully saturated rings. The lowest BCUT2D eigenvalue weighted by molar-refractivity contribution is 0.145. The second-order valence-electron chi connectivity index (χ2n) is 5.81. The topological polar surface area (TPSA) is 65.9 Å². The van der Waals surface area contributed by atoms with Crippen molar-refractivity contribution >= 4 is 5.96 Å². The zero-order chi connectivity index (χ0) is 16.5. The Balaban J connectivity index is 1.89. The van der Waals surface area contributed by atoms with Crippen LogP contribution in [0.15, 0.2) is 17.1 Å². The van der Waals surface area contributed by atoms with E-state index in [1.165, 1.54) is 24.0 Å². The highest BCUT2D eigenvalue weighted by atomic mass is 16.5. The highest BCUT2D eigenvalue weighted by Gasteiger charge is 2.16. The first-order valence-corrected chi connectivity index (χ1v) is 8.61. The van der Waals surface area contributed by atoms with Gasteiger partial charge in [0.1, 0.15) is 5.75 Å². The van der Waals surface area contributed by atoms with E-state index in [4.69, 9.17) is 4.74 Å². The number of phenolic OH excluding ortho intramolecular Hbond substituents is 1. The van der Waals surface area contributed by atoms with Crippen molar-refractivity contribution in [2.24, 2.45) is 4.99 Å².